The third-order valence-corrected chi connectivity index (χ3v) is 6.77. The molecule has 3 fully saturated rings. The average molecular weight is 522 g/mol. The van der Waals surface area contributed by atoms with E-state index in [1.54, 1.807) is 0 Å². The van der Waals surface area contributed by atoms with Gasteiger partial charge in [-0.05, 0) is 58.4 Å². The molecule has 0 aromatic heterocycles. The molecule has 0 spiro atoms. The molecule has 1 aliphatic carbocycles. The van der Waals surface area contributed by atoms with Crippen molar-refractivity contribution in [1.29, 1.82) is 0 Å². The zero-order valence-corrected chi connectivity index (χ0v) is 20.8. The summed E-state index contributed by atoms with van der Waals surface area (Å²) in [6.45, 7) is 9.56. The van der Waals surface area contributed by atoms with Crippen LogP contribution in [0.5, 0.6) is 0 Å². The van der Waals surface area contributed by atoms with E-state index in [0.717, 1.165) is 64.0 Å². The first-order valence-electron chi connectivity index (χ1n) is 11.9. The molecule has 0 radical (unpaired) electrons. The molecule has 0 aromatic carbocycles. The van der Waals surface area contributed by atoms with Gasteiger partial charge in [0, 0.05) is 51.4 Å². The topological polar surface area (TPSA) is 63.1 Å². The number of halogens is 1. The van der Waals surface area contributed by atoms with Gasteiger partial charge in [-0.1, -0.05) is 19.3 Å². The van der Waals surface area contributed by atoms with E-state index in [-0.39, 0.29) is 30.1 Å². The van der Waals surface area contributed by atoms with Crippen molar-refractivity contribution in [1.82, 2.24) is 20.4 Å². The Balaban J connectivity index is 0.00000300. The summed E-state index contributed by atoms with van der Waals surface area (Å²) >= 11 is 0. The number of hydrogen-bond acceptors (Lipinski definition) is 4. The van der Waals surface area contributed by atoms with E-state index in [1.165, 1.54) is 58.0 Å². The predicted molar refractivity (Wildman–Crippen MR) is 132 cm³/mol. The second-order valence-electron chi connectivity index (χ2n) is 8.93. The van der Waals surface area contributed by atoms with Gasteiger partial charge >= 0.3 is 0 Å². The molecule has 0 unspecified atom stereocenters. The number of aliphatic hydroxyl groups excluding tert-OH is 1. The summed E-state index contributed by atoms with van der Waals surface area (Å²) in [7, 11) is 0. The molecular formula is C22H44IN5O. The van der Waals surface area contributed by atoms with E-state index in [0.29, 0.717) is 6.04 Å². The normalized spacial score (nSPS) is 24.3. The molecule has 1 saturated carbocycles. The third kappa shape index (κ3) is 8.87. The molecule has 0 atom stereocenters. The fourth-order valence-corrected chi connectivity index (χ4v) is 5.00. The highest BCUT2D eigenvalue weighted by Gasteiger charge is 2.26. The van der Waals surface area contributed by atoms with E-state index in [1.807, 2.05) is 0 Å². The number of nitrogens with one attached hydrogen (secondary N) is 2. The molecule has 2 heterocycles. The van der Waals surface area contributed by atoms with Crippen molar-refractivity contribution < 1.29 is 5.11 Å². The van der Waals surface area contributed by atoms with Crippen LogP contribution in [0.25, 0.3) is 0 Å². The minimum absolute atomic E-state index is 0. The smallest absolute Gasteiger partial charge is 0.191 e. The SMILES string of the molecule is CCNC(=NCCCN1CCC(O)CC1)NC1CCN(C2CCCCC2)CC1.I. The zero-order valence-electron chi connectivity index (χ0n) is 18.4. The molecular weight excluding hydrogens is 477 g/mol. The van der Waals surface area contributed by atoms with Gasteiger partial charge < -0.3 is 25.5 Å². The molecule has 170 valence electrons. The van der Waals surface area contributed by atoms with Crippen molar-refractivity contribution in [3.63, 3.8) is 0 Å². The fourth-order valence-electron chi connectivity index (χ4n) is 5.00. The van der Waals surface area contributed by atoms with Crippen molar-refractivity contribution in [2.75, 3.05) is 45.8 Å². The second-order valence-corrected chi connectivity index (χ2v) is 8.93. The molecule has 0 bridgehead atoms. The minimum Gasteiger partial charge on any atom is -0.393 e. The number of aliphatic imine (C=N–C) groups is 1. The van der Waals surface area contributed by atoms with Crippen LogP contribution < -0.4 is 10.6 Å². The highest BCUT2D eigenvalue weighted by molar-refractivity contribution is 14.0. The van der Waals surface area contributed by atoms with Crippen molar-refractivity contribution in [3.8, 4) is 0 Å². The third-order valence-electron chi connectivity index (χ3n) is 6.77. The fraction of sp³-hybridized carbons (Fsp3) is 0.955. The molecule has 6 nitrogen and oxygen atoms in total. The van der Waals surface area contributed by atoms with E-state index in [2.05, 4.69) is 27.4 Å². The molecule has 0 aromatic rings. The molecule has 0 amide bonds. The Kier molecular flexibility index (Phi) is 12.2. The number of piperidine rings is 2. The first kappa shape index (κ1) is 25.1. The summed E-state index contributed by atoms with van der Waals surface area (Å²) in [6.07, 6.45) is 12.5. The highest BCUT2D eigenvalue weighted by atomic mass is 127. The lowest BCUT2D eigenvalue weighted by Gasteiger charge is -2.39. The molecule has 7 heteroatoms. The van der Waals surface area contributed by atoms with E-state index < -0.39 is 0 Å². The van der Waals surface area contributed by atoms with Crippen molar-refractivity contribution >= 4 is 29.9 Å². The van der Waals surface area contributed by atoms with Crippen LogP contribution in [0.3, 0.4) is 0 Å². The average Bonchev–Trinajstić information content (AvgIpc) is 2.74. The quantitative estimate of drug-likeness (QED) is 0.208. The Bertz CT molecular complexity index is 456. The maximum absolute atomic E-state index is 9.61. The van der Waals surface area contributed by atoms with E-state index in [4.69, 9.17) is 4.99 Å². The van der Waals surface area contributed by atoms with Crippen molar-refractivity contribution in [2.45, 2.75) is 89.3 Å². The van der Waals surface area contributed by atoms with Crippen LogP contribution in [0.4, 0.5) is 0 Å². The largest absolute Gasteiger partial charge is 0.393 e. The Morgan fingerprint density at radius 1 is 0.966 bits per heavy atom. The number of aliphatic hydroxyl groups is 1. The zero-order chi connectivity index (χ0) is 19.6. The standard InChI is InChI=1S/C22H43N5O.HI/c1-2-23-22(24-13-6-14-26-15-11-21(28)12-16-26)25-19-9-17-27(18-10-19)20-7-4-3-5-8-20;/h19-21,28H,2-18H2,1H3,(H2,23,24,25);1H. The summed E-state index contributed by atoms with van der Waals surface area (Å²) in [5, 5.41) is 16.7. The van der Waals surface area contributed by atoms with Gasteiger partial charge in [-0.3, -0.25) is 4.99 Å². The predicted octanol–water partition coefficient (Wildman–Crippen LogP) is 2.80. The van der Waals surface area contributed by atoms with Gasteiger partial charge in [-0.25, -0.2) is 0 Å². The Labute approximate surface area is 195 Å². The molecule has 3 N–H and O–H groups in total. The Morgan fingerprint density at radius 2 is 1.66 bits per heavy atom. The highest BCUT2D eigenvalue weighted by Crippen LogP contribution is 2.25. The van der Waals surface area contributed by atoms with Crippen molar-refractivity contribution in [2.24, 2.45) is 4.99 Å². The minimum atomic E-state index is -0.0802. The summed E-state index contributed by atoms with van der Waals surface area (Å²) in [5.74, 6) is 0.993. The van der Waals surface area contributed by atoms with Gasteiger partial charge in [0.05, 0.1) is 6.10 Å². The number of guanidine groups is 1. The molecule has 3 aliphatic rings. The second kappa shape index (κ2) is 14.0. The van der Waals surface area contributed by atoms with Crippen LogP contribution in [-0.2, 0) is 0 Å². The van der Waals surface area contributed by atoms with Crippen LogP contribution >= 0.6 is 24.0 Å². The van der Waals surface area contributed by atoms with Crippen LogP contribution in [0, 0.1) is 0 Å². The van der Waals surface area contributed by atoms with Crippen LogP contribution in [0.2, 0.25) is 0 Å². The molecule has 2 aliphatic heterocycles. The molecule has 3 rings (SSSR count). The Hall–Kier alpha value is -0.120. The molecule has 29 heavy (non-hydrogen) atoms. The van der Waals surface area contributed by atoms with Crippen LogP contribution in [0.1, 0.15) is 71.1 Å². The summed E-state index contributed by atoms with van der Waals surface area (Å²) in [5.41, 5.74) is 0. The first-order chi connectivity index (χ1) is 13.7. The van der Waals surface area contributed by atoms with E-state index in [9.17, 15) is 5.11 Å². The molecule has 2 saturated heterocycles. The Morgan fingerprint density at radius 3 is 2.31 bits per heavy atom. The lowest BCUT2D eigenvalue weighted by atomic mass is 9.92. The van der Waals surface area contributed by atoms with Gasteiger partial charge in [-0.2, -0.15) is 0 Å². The maximum Gasteiger partial charge on any atom is 0.191 e. The maximum atomic E-state index is 9.61. The summed E-state index contributed by atoms with van der Waals surface area (Å²) in [6, 6.07) is 1.41. The number of nitrogens with zero attached hydrogens (tertiary/aromatic N) is 3. The van der Waals surface area contributed by atoms with Crippen LogP contribution in [-0.4, -0.2) is 84.9 Å². The van der Waals surface area contributed by atoms with Gasteiger partial charge in [0.25, 0.3) is 0 Å². The van der Waals surface area contributed by atoms with Crippen molar-refractivity contribution in [3.05, 3.63) is 0 Å². The first-order valence-corrected chi connectivity index (χ1v) is 11.9. The monoisotopic (exact) mass is 521 g/mol. The summed E-state index contributed by atoms with van der Waals surface area (Å²) < 4.78 is 0. The number of rotatable bonds is 7. The lowest BCUT2D eigenvalue weighted by molar-refractivity contribution is 0.0824. The van der Waals surface area contributed by atoms with Crippen LogP contribution in [0.15, 0.2) is 4.99 Å². The van der Waals surface area contributed by atoms with Gasteiger partial charge in [0.2, 0.25) is 0 Å². The lowest BCUT2D eigenvalue weighted by Crippen LogP contribution is -2.51. The number of hydrogen-bond donors (Lipinski definition) is 3. The number of likely N-dealkylation sites (tertiary alicyclic amines) is 2. The van der Waals surface area contributed by atoms with Gasteiger partial charge in [-0.15, -0.1) is 24.0 Å². The van der Waals surface area contributed by atoms with Gasteiger partial charge in [0.1, 0.15) is 0 Å². The van der Waals surface area contributed by atoms with E-state index >= 15 is 0 Å². The summed E-state index contributed by atoms with van der Waals surface area (Å²) in [4.78, 5) is 10.0. The van der Waals surface area contributed by atoms with Gasteiger partial charge in [0.15, 0.2) is 5.96 Å².